The van der Waals surface area contributed by atoms with Gasteiger partial charge in [0, 0.05) is 42.6 Å². The van der Waals surface area contributed by atoms with Gasteiger partial charge in [-0.1, -0.05) is 81.5 Å². The number of nitrogens with zero attached hydrogens (tertiary/aromatic N) is 3. The summed E-state index contributed by atoms with van der Waals surface area (Å²) in [6.45, 7) is 7.87. The van der Waals surface area contributed by atoms with Crippen LogP contribution in [0.3, 0.4) is 0 Å². The molecule has 0 aliphatic carbocycles. The van der Waals surface area contributed by atoms with Gasteiger partial charge in [0.15, 0.2) is 0 Å². The summed E-state index contributed by atoms with van der Waals surface area (Å²) in [7, 11) is 1.28. The van der Waals surface area contributed by atoms with E-state index in [2.05, 4.69) is 70.8 Å². The quantitative estimate of drug-likeness (QED) is 0.148. The summed E-state index contributed by atoms with van der Waals surface area (Å²) in [5, 5.41) is 5.68. The molecule has 2 aromatic carbocycles. The number of carbonyl (C=O) groups is 3. The van der Waals surface area contributed by atoms with Gasteiger partial charge in [-0.15, -0.1) is 0 Å². The number of aromatic amines is 2. The fourth-order valence-corrected chi connectivity index (χ4v) is 6.67. The van der Waals surface area contributed by atoms with Crippen LogP contribution in [0, 0.1) is 11.8 Å². The van der Waals surface area contributed by atoms with Gasteiger partial charge in [-0.2, -0.15) is 0 Å². The number of nitrogens with one attached hydrogen (secondary N) is 4. The number of alkyl carbamates (subject to hydrolysis) is 1. The van der Waals surface area contributed by atoms with Gasteiger partial charge in [0.05, 0.1) is 37.2 Å². The molecule has 0 saturated carbocycles. The van der Waals surface area contributed by atoms with E-state index in [0.29, 0.717) is 44.2 Å². The number of methoxy groups -OCH3 is 1. The molecule has 1 fully saturated rings. The fraction of sp³-hybridized carbons (Fsp3) is 0.425. The van der Waals surface area contributed by atoms with E-state index in [1.807, 2.05) is 48.5 Å². The summed E-state index contributed by atoms with van der Waals surface area (Å²) in [5.41, 5.74) is 5.69. The Morgan fingerprint density at radius 3 is 2.12 bits per heavy atom. The maximum atomic E-state index is 13.2. The summed E-state index contributed by atoms with van der Waals surface area (Å²) in [6.07, 6.45) is 10.4. The molecule has 4 aromatic rings. The van der Waals surface area contributed by atoms with Crippen LogP contribution < -0.4 is 10.6 Å². The number of H-pyrrole nitrogens is 2. The average molecular weight is 708 g/mol. The first-order valence-electron chi connectivity index (χ1n) is 18.2. The van der Waals surface area contributed by atoms with Crippen molar-refractivity contribution in [2.45, 2.75) is 71.0 Å². The first-order chi connectivity index (χ1) is 25.2. The van der Waals surface area contributed by atoms with E-state index >= 15 is 0 Å². The van der Waals surface area contributed by atoms with Gasteiger partial charge in [0.2, 0.25) is 11.8 Å². The number of imidazole rings is 2. The SMILES string of the molecule is COC(=O)N[C@H]1CC/C=C\COCC[C@@H](c2nc(-c3ccc(-c4ccc(-c5c[nH]c([C@@H]6CCCN6C(=O)[C@@H](C)C(C)C)n5)cc4)cc3)c[nH]2)NC1=O. The zero-order valence-corrected chi connectivity index (χ0v) is 30.4. The highest BCUT2D eigenvalue weighted by atomic mass is 16.5. The summed E-state index contributed by atoms with van der Waals surface area (Å²) in [4.78, 5) is 56.7. The van der Waals surface area contributed by atoms with E-state index in [1.54, 1.807) is 0 Å². The number of amides is 3. The molecule has 12 heteroatoms. The monoisotopic (exact) mass is 707 g/mol. The van der Waals surface area contributed by atoms with Crippen molar-refractivity contribution in [3.8, 4) is 33.6 Å². The van der Waals surface area contributed by atoms with Crippen LogP contribution in [-0.4, -0.2) is 75.7 Å². The summed E-state index contributed by atoms with van der Waals surface area (Å²) < 4.78 is 10.5. The number of ether oxygens (including phenoxy) is 2. The van der Waals surface area contributed by atoms with Gasteiger partial charge in [-0.05, 0) is 49.1 Å². The van der Waals surface area contributed by atoms with Crippen molar-refractivity contribution in [3.63, 3.8) is 0 Å². The second-order valence-electron chi connectivity index (χ2n) is 13.9. The molecule has 12 nitrogen and oxygen atoms in total. The molecule has 6 rings (SSSR count). The van der Waals surface area contributed by atoms with E-state index in [-0.39, 0.29) is 23.8 Å². The molecular weight excluding hydrogens is 658 g/mol. The topological polar surface area (TPSA) is 154 Å². The Bertz CT molecular complexity index is 1850. The van der Waals surface area contributed by atoms with Crippen molar-refractivity contribution in [2.75, 3.05) is 26.9 Å². The lowest BCUT2D eigenvalue weighted by atomic mass is 9.96. The van der Waals surface area contributed by atoms with Crippen LogP contribution in [0.5, 0.6) is 0 Å². The van der Waals surface area contributed by atoms with Crippen LogP contribution in [0.25, 0.3) is 33.6 Å². The van der Waals surface area contributed by atoms with Gasteiger partial charge < -0.3 is 35.0 Å². The predicted octanol–water partition coefficient (Wildman–Crippen LogP) is 6.73. The van der Waals surface area contributed by atoms with E-state index < -0.39 is 18.2 Å². The predicted molar refractivity (Wildman–Crippen MR) is 199 cm³/mol. The van der Waals surface area contributed by atoms with E-state index in [0.717, 1.165) is 58.9 Å². The van der Waals surface area contributed by atoms with Crippen LogP contribution in [0.2, 0.25) is 0 Å². The number of rotatable bonds is 8. The van der Waals surface area contributed by atoms with Crippen LogP contribution in [-0.2, 0) is 19.1 Å². The molecule has 52 heavy (non-hydrogen) atoms. The van der Waals surface area contributed by atoms with Gasteiger partial charge >= 0.3 is 6.09 Å². The Kier molecular flexibility index (Phi) is 11.9. The lowest BCUT2D eigenvalue weighted by Crippen LogP contribution is -2.48. The second-order valence-corrected chi connectivity index (χ2v) is 13.9. The summed E-state index contributed by atoms with van der Waals surface area (Å²) in [6, 6.07) is 15.3. The maximum Gasteiger partial charge on any atom is 0.407 e. The minimum absolute atomic E-state index is 0.0148. The molecule has 2 aliphatic rings. The Morgan fingerprint density at radius 1 is 0.865 bits per heavy atom. The maximum absolute atomic E-state index is 13.2. The highest BCUT2D eigenvalue weighted by Gasteiger charge is 2.35. The third kappa shape index (κ3) is 8.62. The average Bonchev–Trinajstić information content (AvgIpc) is 3.95. The number of benzene rings is 2. The third-order valence-electron chi connectivity index (χ3n) is 10.1. The largest absolute Gasteiger partial charge is 0.453 e. The van der Waals surface area contributed by atoms with Crippen LogP contribution in [0.1, 0.15) is 76.6 Å². The third-order valence-corrected chi connectivity index (χ3v) is 10.1. The number of likely N-dealkylation sites (tertiary alicyclic amines) is 1. The Labute approximate surface area is 304 Å². The van der Waals surface area contributed by atoms with Crippen LogP contribution >= 0.6 is 0 Å². The lowest BCUT2D eigenvalue weighted by molar-refractivity contribution is -0.137. The van der Waals surface area contributed by atoms with Crippen molar-refractivity contribution in [3.05, 3.63) is 84.7 Å². The molecule has 1 saturated heterocycles. The molecule has 3 amide bonds. The zero-order valence-electron chi connectivity index (χ0n) is 30.4. The lowest BCUT2D eigenvalue weighted by Gasteiger charge is -2.27. The normalized spacial score (nSPS) is 21.1. The highest BCUT2D eigenvalue weighted by Crippen LogP contribution is 2.34. The highest BCUT2D eigenvalue weighted by molar-refractivity contribution is 5.86. The molecule has 4 heterocycles. The number of aromatic nitrogens is 4. The molecule has 4 N–H and O–H groups in total. The van der Waals surface area contributed by atoms with Gasteiger partial charge in [-0.3, -0.25) is 9.59 Å². The molecular formula is C40H49N7O5. The van der Waals surface area contributed by atoms with Gasteiger partial charge in [0.25, 0.3) is 0 Å². The number of allylic oxidation sites excluding steroid dienone is 1. The smallest absolute Gasteiger partial charge is 0.407 e. The molecule has 2 aliphatic heterocycles. The fourth-order valence-electron chi connectivity index (χ4n) is 6.67. The van der Waals surface area contributed by atoms with Crippen molar-refractivity contribution in [1.82, 2.24) is 35.5 Å². The van der Waals surface area contributed by atoms with Gasteiger partial charge in [0.1, 0.15) is 17.7 Å². The van der Waals surface area contributed by atoms with Crippen LogP contribution in [0.15, 0.2) is 73.1 Å². The number of hydrogen-bond donors (Lipinski definition) is 4. The molecule has 0 radical (unpaired) electrons. The van der Waals surface area contributed by atoms with Crippen molar-refractivity contribution in [2.24, 2.45) is 11.8 Å². The first-order valence-corrected chi connectivity index (χ1v) is 18.2. The molecule has 0 unspecified atom stereocenters. The summed E-state index contributed by atoms with van der Waals surface area (Å²) >= 11 is 0. The molecule has 0 spiro atoms. The standard InChI is InChI=1S/C40H49N7O5/c1-25(2)26(3)39(49)47-20-8-10-35(47)37-42-24-34(44-37)30-17-13-28(14-18-30)27-11-15-29(16-12-27)33-23-41-36(43-33)31-19-22-52-21-7-5-6-9-32(38(48)45-31)46-40(50)51-4/h5,7,11-18,23-26,31-32,35H,6,8-10,19-22H2,1-4H3,(H,41,43)(H,42,44)(H,45,48)(H,46,50)/b7-5-/t26-,31-,32-,35-/m0/s1. The minimum Gasteiger partial charge on any atom is -0.453 e. The number of hydrogen-bond acceptors (Lipinski definition) is 7. The minimum atomic E-state index is -0.744. The Morgan fingerprint density at radius 2 is 1.48 bits per heavy atom. The molecule has 0 bridgehead atoms. The van der Waals surface area contributed by atoms with Crippen LogP contribution in [0.4, 0.5) is 4.79 Å². The van der Waals surface area contributed by atoms with Crippen molar-refractivity contribution < 1.29 is 23.9 Å². The second kappa shape index (κ2) is 16.9. The van der Waals surface area contributed by atoms with E-state index in [4.69, 9.17) is 19.4 Å². The molecule has 274 valence electrons. The first kappa shape index (κ1) is 36.6. The Balaban J connectivity index is 1.11. The molecule has 2 aromatic heterocycles. The number of carbonyl (C=O) groups excluding carboxylic acids is 3. The van der Waals surface area contributed by atoms with Gasteiger partial charge in [-0.25, -0.2) is 14.8 Å². The Hall–Kier alpha value is -5.23. The summed E-state index contributed by atoms with van der Waals surface area (Å²) in [5.74, 6) is 1.63. The zero-order chi connectivity index (χ0) is 36.6. The van der Waals surface area contributed by atoms with Crippen molar-refractivity contribution >= 4 is 17.9 Å². The van der Waals surface area contributed by atoms with E-state index in [9.17, 15) is 14.4 Å². The van der Waals surface area contributed by atoms with Crippen molar-refractivity contribution in [1.29, 1.82) is 0 Å². The van der Waals surface area contributed by atoms with E-state index in [1.165, 1.54) is 7.11 Å². The molecule has 4 atom stereocenters.